The quantitative estimate of drug-likeness (QED) is 0.792. The van der Waals surface area contributed by atoms with Crippen molar-refractivity contribution in [3.05, 3.63) is 26.3 Å². The van der Waals surface area contributed by atoms with Crippen LogP contribution in [0.25, 0.3) is 10.3 Å². The molecular formula is C8H5BrO3S. The van der Waals surface area contributed by atoms with Gasteiger partial charge in [-0.2, -0.15) is 0 Å². The second kappa shape index (κ2) is 3.16. The van der Waals surface area contributed by atoms with Gasteiger partial charge in [0.05, 0.1) is 16.3 Å². The number of rotatable bonds is 1. The van der Waals surface area contributed by atoms with Crippen LogP contribution in [0.15, 0.2) is 25.8 Å². The third kappa shape index (κ3) is 1.49. The first-order valence-corrected chi connectivity index (χ1v) is 5.09. The fourth-order valence-corrected chi connectivity index (χ4v) is 2.20. The van der Waals surface area contributed by atoms with Crippen LogP contribution in [0.5, 0.6) is 5.75 Å². The summed E-state index contributed by atoms with van der Waals surface area (Å²) in [5.74, 6) is 0.699. The minimum atomic E-state index is -0.296. The highest BCUT2D eigenvalue weighted by Gasteiger charge is 2.07. The van der Waals surface area contributed by atoms with Crippen LogP contribution in [0.2, 0.25) is 0 Å². The Labute approximate surface area is 86.1 Å². The normalized spacial score (nSPS) is 10.6. The Morgan fingerprint density at radius 2 is 2.31 bits per heavy atom. The minimum absolute atomic E-state index is 0.296. The molecule has 0 spiro atoms. The molecule has 1 heterocycles. The van der Waals surface area contributed by atoms with Crippen LogP contribution < -0.4 is 9.68 Å². The van der Waals surface area contributed by atoms with Crippen molar-refractivity contribution in [2.24, 2.45) is 0 Å². The number of hydrogen-bond donors (Lipinski definition) is 0. The molecule has 0 N–H and O–H groups in total. The molecule has 0 unspecified atom stereocenters. The molecule has 0 aliphatic carbocycles. The second-order valence-corrected chi connectivity index (χ2v) is 4.22. The van der Waals surface area contributed by atoms with Gasteiger partial charge in [-0.15, -0.1) is 0 Å². The predicted octanol–water partition coefficient (Wildman–Crippen LogP) is 2.63. The van der Waals surface area contributed by atoms with Crippen LogP contribution in [0.1, 0.15) is 0 Å². The van der Waals surface area contributed by atoms with Gasteiger partial charge in [-0.3, -0.25) is 0 Å². The first-order chi connectivity index (χ1) is 6.20. The minimum Gasteiger partial charge on any atom is -0.496 e. The molecule has 0 radical (unpaired) electrons. The van der Waals surface area contributed by atoms with Gasteiger partial charge in [0.15, 0.2) is 5.58 Å². The lowest BCUT2D eigenvalue weighted by Crippen LogP contribution is -1.82. The lowest BCUT2D eigenvalue weighted by Gasteiger charge is -2.00. The summed E-state index contributed by atoms with van der Waals surface area (Å²) in [6.07, 6.45) is 0. The molecule has 0 saturated carbocycles. The van der Waals surface area contributed by atoms with Gasteiger partial charge in [0, 0.05) is 12.1 Å². The maximum atomic E-state index is 10.9. The summed E-state index contributed by atoms with van der Waals surface area (Å²) in [7, 11) is 1.58. The lowest BCUT2D eigenvalue weighted by atomic mass is 10.3. The number of hydrogen-bond acceptors (Lipinski definition) is 4. The van der Waals surface area contributed by atoms with E-state index in [0.29, 0.717) is 11.3 Å². The van der Waals surface area contributed by atoms with Crippen molar-refractivity contribution in [2.75, 3.05) is 7.11 Å². The summed E-state index contributed by atoms with van der Waals surface area (Å²) < 4.78 is 11.6. The van der Waals surface area contributed by atoms with E-state index in [2.05, 4.69) is 15.9 Å². The molecule has 0 atom stereocenters. The maximum absolute atomic E-state index is 10.9. The van der Waals surface area contributed by atoms with Crippen molar-refractivity contribution in [1.29, 1.82) is 0 Å². The van der Waals surface area contributed by atoms with E-state index in [-0.39, 0.29) is 4.94 Å². The highest BCUT2D eigenvalue weighted by atomic mass is 79.9. The van der Waals surface area contributed by atoms with Crippen molar-refractivity contribution >= 4 is 37.5 Å². The second-order valence-electron chi connectivity index (χ2n) is 2.39. The number of fused-ring (bicyclic) bond motifs is 1. The lowest BCUT2D eigenvalue weighted by molar-refractivity contribution is 0.412. The van der Waals surface area contributed by atoms with Gasteiger partial charge in [-0.25, -0.2) is 4.79 Å². The van der Waals surface area contributed by atoms with Crippen LogP contribution in [-0.2, 0) is 0 Å². The molecule has 0 saturated heterocycles. The first-order valence-electron chi connectivity index (χ1n) is 3.48. The fourth-order valence-electron chi connectivity index (χ4n) is 1.03. The number of halogens is 1. The first kappa shape index (κ1) is 8.77. The summed E-state index contributed by atoms with van der Waals surface area (Å²) in [5.41, 5.74) is 0.586. The van der Waals surface area contributed by atoms with Crippen molar-refractivity contribution < 1.29 is 9.15 Å². The Morgan fingerprint density at radius 3 is 3.00 bits per heavy atom. The van der Waals surface area contributed by atoms with Crippen molar-refractivity contribution in [1.82, 2.24) is 0 Å². The zero-order valence-corrected chi connectivity index (χ0v) is 9.07. The Morgan fingerprint density at radius 1 is 1.54 bits per heavy atom. The SMILES string of the molecule is COc1cc2sc(=O)oc2cc1Br. The zero-order valence-electron chi connectivity index (χ0n) is 6.67. The molecular weight excluding hydrogens is 256 g/mol. The third-order valence-corrected chi connectivity index (χ3v) is 3.01. The van der Waals surface area contributed by atoms with Crippen molar-refractivity contribution in [3.63, 3.8) is 0 Å². The molecule has 0 aliphatic heterocycles. The average molecular weight is 261 g/mol. The smallest absolute Gasteiger partial charge is 0.396 e. The number of ether oxygens (including phenoxy) is 1. The molecule has 2 aromatic rings. The summed E-state index contributed by atoms with van der Waals surface area (Å²) >= 11 is 4.37. The molecule has 0 amide bonds. The molecule has 0 bridgehead atoms. The summed E-state index contributed by atoms with van der Waals surface area (Å²) in [5, 5.41) is 0. The van der Waals surface area contributed by atoms with E-state index < -0.39 is 0 Å². The van der Waals surface area contributed by atoms with E-state index in [9.17, 15) is 4.79 Å². The highest BCUT2D eigenvalue weighted by molar-refractivity contribution is 9.10. The summed E-state index contributed by atoms with van der Waals surface area (Å²) in [6.45, 7) is 0. The van der Waals surface area contributed by atoms with Gasteiger partial charge in [0.25, 0.3) is 0 Å². The topological polar surface area (TPSA) is 39.4 Å². The number of benzene rings is 1. The van der Waals surface area contributed by atoms with E-state index in [1.54, 1.807) is 19.2 Å². The van der Waals surface area contributed by atoms with Crippen LogP contribution in [-0.4, -0.2) is 7.11 Å². The van der Waals surface area contributed by atoms with Crippen molar-refractivity contribution in [3.8, 4) is 5.75 Å². The Kier molecular flexibility index (Phi) is 2.13. The van der Waals surface area contributed by atoms with Gasteiger partial charge < -0.3 is 9.15 Å². The van der Waals surface area contributed by atoms with Crippen LogP contribution in [0.4, 0.5) is 0 Å². The third-order valence-electron chi connectivity index (χ3n) is 1.60. The van der Waals surface area contributed by atoms with Crippen LogP contribution >= 0.6 is 27.3 Å². The van der Waals surface area contributed by atoms with E-state index in [4.69, 9.17) is 9.15 Å². The van der Waals surface area contributed by atoms with E-state index in [1.165, 1.54) is 0 Å². The zero-order chi connectivity index (χ0) is 9.42. The number of methoxy groups -OCH3 is 1. The molecule has 0 aliphatic rings. The molecule has 0 fully saturated rings. The highest BCUT2D eigenvalue weighted by Crippen LogP contribution is 2.31. The molecule has 2 rings (SSSR count). The average Bonchev–Trinajstić information content (AvgIpc) is 2.42. The Bertz CT molecular complexity index is 500. The van der Waals surface area contributed by atoms with Gasteiger partial charge in [0.2, 0.25) is 0 Å². The molecule has 1 aromatic carbocycles. The van der Waals surface area contributed by atoms with Gasteiger partial charge in [-0.05, 0) is 15.9 Å². The Hall–Kier alpha value is -0.810. The molecule has 13 heavy (non-hydrogen) atoms. The van der Waals surface area contributed by atoms with Crippen molar-refractivity contribution in [2.45, 2.75) is 0 Å². The predicted molar refractivity (Wildman–Crippen MR) is 54.6 cm³/mol. The van der Waals surface area contributed by atoms with E-state index in [0.717, 1.165) is 20.5 Å². The molecule has 1 aromatic heterocycles. The summed E-state index contributed by atoms with van der Waals surface area (Å²) in [6, 6.07) is 3.50. The van der Waals surface area contributed by atoms with Gasteiger partial charge in [0.1, 0.15) is 5.75 Å². The molecule has 68 valence electrons. The molecule has 3 nitrogen and oxygen atoms in total. The summed E-state index contributed by atoms with van der Waals surface area (Å²) in [4.78, 5) is 10.6. The fraction of sp³-hybridized carbons (Fsp3) is 0.125. The van der Waals surface area contributed by atoms with Crippen LogP contribution in [0, 0.1) is 0 Å². The largest absolute Gasteiger partial charge is 0.496 e. The monoisotopic (exact) mass is 260 g/mol. The maximum Gasteiger partial charge on any atom is 0.396 e. The van der Waals surface area contributed by atoms with E-state index >= 15 is 0 Å². The molecule has 5 heteroatoms. The standard InChI is InChI=1S/C8H5BrO3S/c1-11-5-3-7-6(2-4(5)9)12-8(10)13-7/h2-3H,1H3. The van der Waals surface area contributed by atoms with E-state index in [1.807, 2.05) is 0 Å². The Balaban J connectivity index is 2.80. The van der Waals surface area contributed by atoms with Gasteiger partial charge >= 0.3 is 4.94 Å². The van der Waals surface area contributed by atoms with Crippen LogP contribution in [0.3, 0.4) is 0 Å². The van der Waals surface area contributed by atoms with Gasteiger partial charge in [-0.1, -0.05) is 11.3 Å².